The topological polar surface area (TPSA) is 74.3 Å². The van der Waals surface area contributed by atoms with Crippen molar-refractivity contribution in [2.45, 2.75) is 32.7 Å². The van der Waals surface area contributed by atoms with E-state index in [1.54, 1.807) is 23.5 Å². The van der Waals surface area contributed by atoms with Gasteiger partial charge in [0.1, 0.15) is 5.82 Å². The Morgan fingerprint density at radius 3 is 2.52 bits per heavy atom. The Hall–Kier alpha value is -2.32. The van der Waals surface area contributed by atoms with Gasteiger partial charge >= 0.3 is 0 Å². The zero-order chi connectivity index (χ0) is 20.6. The lowest BCUT2D eigenvalue weighted by Gasteiger charge is -2.30. The van der Waals surface area contributed by atoms with Crippen LogP contribution in [0.2, 0.25) is 0 Å². The van der Waals surface area contributed by atoms with Crippen molar-refractivity contribution in [3.63, 3.8) is 0 Å². The number of halogens is 1. The number of carbonyl (C=O) groups excluding carboxylic acids is 2. The molecule has 1 aromatic carbocycles. The summed E-state index contributed by atoms with van der Waals surface area (Å²) in [6, 6.07) is 5.87. The first-order valence-electron chi connectivity index (χ1n) is 9.92. The number of likely N-dealkylation sites (tertiary alicyclic amines) is 1. The highest BCUT2D eigenvalue weighted by atomic mass is 32.1. The normalized spacial score (nSPS) is 15.2. The van der Waals surface area contributed by atoms with E-state index in [1.807, 2.05) is 6.92 Å². The summed E-state index contributed by atoms with van der Waals surface area (Å²) in [6.45, 7) is 5.43. The molecule has 2 N–H and O–H groups in total. The van der Waals surface area contributed by atoms with Gasteiger partial charge < -0.3 is 10.6 Å². The van der Waals surface area contributed by atoms with Gasteiger partial charge in [0.05, 0.1) is 17.1 Å². The summed E-state index contributed by atoms with van der Waals surface area (Å²) >= 11 is 1.67. The van der Waals surface area contributed by atoms with Gasteiger partial charge in [0, 0.05) is 30.9 Å². The van der Waals surface area contributed by atoms with Gasteiger partial charge in [0.15, 0.2) is 0 Å². The second kappa shape index (κ2) is 10.5. The van der Waals surface area contributed by atoms with Crippen molar-refractivity contribution >= 4 is 23.2 Å². The van der Waals surface area contributed by atoms with Crippen LogP contribution >= 0.6 is 11.3 Å². The van der Waals surface area contributed by atoms with E-state index in [0.717, 1.165) is 48.7 Å². The molecule has 29 heavy (non-hydrogen) atoms. The number of nitrogens with zero attached hydrogens (tertiary/aromatic N) is 2. The number of hydrogen-bond acceptors (Lipinski definition) is 5. The first-order chi connectivity index (χ1) is 14.0. The molecule has 1 aliphatic rings. The average Bonchev–Trinajstić information content (AvgIpc) is 3.12. The predicted molar refractivity (Wildman–Crippen MR) is 111 cm³/mol. The van der Waals surface area contributed by atoms with Crippen LogP contribution in [-0.2, 0) is 22.6 Å². The van der Waals surface area contributed by atoms with Gasteiger partial charge in [-0.3, -0.25) is 14.5 Å². The molecule has 2 heterocycles. The zero-order valence-electron chi connectivity index (χ0n) is 16.6. The molecular weight excluding hydrogens is 391 g/mol. The van der Waals surface area contributed by atoms with Crippen molar-refractivity contribution in [2.75, 3.05) is 26.2 Å². The van der Waals surface area contributed by atoms with Crippen molar-refractivity contribution < 1.29 is 14.0 Å². The molecule has 0 aliphatic carbocycles. The van der Waals surface area contributed by atoms with E-state index in [2.05, 4.69) is 25.9 Å². The van der Waals surface area contributed by atoms with E-state index in [-0.39, 0.29) is 30.0 Å². The van der Waals surface area contributed by atoms with E-state index in [0.29, 0.717) is 13.1 Å². The number of aromatic nitrogens is 1. The highest BCUT2D eigenvalue weighted by Gasteiger charge is 2.25. The molecule has 1 aliphatic heterocycles. The number of aryl methyl sites for hydroxylation is 1. The molecule has 6 nitrogen and oxygen atoms in total. The van der Waals surface area contributed by atoms with Crippen LogP contribution in [0.5, 0.6) is 0 Å². The Balaban J connectivity index is 1.29. The Bertz CT molecular complexity index is 816. The van der Waals surface area contributed by atoms with Crippen LogP contribution in [0, 0.1) is 18.7 Å². The van der Waals surface area contributed by atoms with Crippen molar-refractivity contribution in [1.29, 1.82) is 0 Å². The van der Waals surface area contributed by atoms with Crippen LogP contribution in [0.3, 0.4) is 0 Å². The van der Waals surface area contributed by atoms with Gasteiger partial charge in [0.2, 0.25) is 11.8 Å². The highest BCUT2D eigenvalue weighted by Crippen LogP contribution is 2.19. The zero-order valence-corrected chi connectivity index (χ0v) is 17.4. The van der Waals surface area contributed by atoms with Crippen molar-refractivity contribution in [2.24, 2.45) is 5.92 Å². The molecule has 0 atom stereocenters. The highest BCUT2D eigenvalue weighted by molar-refractivity contribution is 7.09. The number of rotatable bonds is 8. The maximum absolute atomic E-state index is 12.9. The van der Waals surface area contributed by atoms with Crippen LogP contribution in [0.25, 0.3) is 0 Å². The third-order valence-corrected chi connectivity index (χ3v) is 5.86. The fourth-order valence-corrected chi connectivity index (χ4v) is 4.05. The molecule has 1 aromatic heterocycles. The molecule has 8 heteroatoms. The summed E-state index contributed by atoms with van der Waals surface area (Å²) in [6.07, 6.45) is 1.88. The third-order valence-electron chi connectivity index (χ3n) is 5.03. The number of nitrogens with one attached hydrogen (secondary N) is 2. The molecule has 2 aromatic rings. The van der Waals surface area contributed by atoms with E-state index < -0.39 is 0 Å². The van der Waals surface area contributed by atoms with Crippen LogP contribution in [-0.4, -0.2) is 47.9 Å². The minimum atomic E-state index is -0.319. The number of thiazole rings is 1. The summed E-state index contributed by atoms with van der Waals surface area (Å²) in [5.74, 6) is -0.377. The van der Waals surface area contributed by atoms with Gasteiger partial charge in [-0.1, -0.05) is 12.1 Å². The van der Waals surface area contributed by atoms with Crippen LogP contribution in [0.15, 0.2) is 29.6 Å². The molecule has 1 fully saturated rings. The molecule has 1 saturated heterocycles. The standard InChI is InChI=1S/C21H27FN4O2S/c1-15-25-19(14-29-15)13-26-10-6-17(7-11-26)21(28)24-9-8-23-20(27)12-16-2-4-18(22)5-3-16/h2-5,14,17H,6-13H2,1H3,(H,23,27)(H,24,28). The summed E-state index contributed by atoms with van der Waals surface area (Å²) in [5, 5.41) is 8.87. The maximum Gasteiger partial charge on any atom is 0.224 e. The van der Waals surface area contributed by atoms with Gasteiger partial charge in [0.25, 0.3) is 0 Å². The predicted octanol–water partition coefficient (Wildman–Crippen LogP) is 2.28. The first kappa shape index (κ1) is 21.4. The first-order valence-corrected chi connectivity index (χ1v) is 10.8. The monoisotopic (exact) mass is 418 g/mol. The molecule has 3 rings (SSSR count). The van der Waals surface area contributed by atoms with E-state index in [1.165, 1.54) is 12.1 Å². The third kappa shape index (κ3) is 6.90. The Labute approximate surface area is 174 Å². The van der Waals surface area contributed by atoms with E-state index >= 15 is 0 Å². The summed E-state index contributed by atoms with van der Waals surface area (Å²) in [7, 11) is 0. The van der Waals surface area contributed by atoms with Gasteiger partial charge in [-0.25, -0.2) is 9.37 Å². The smallest absolute Gasteiger partial charge is 0.224 e. The van der Waals surface area contributed by atoms with Crippen molar-refractivity contribution in [1.82, 2.24) is 20.5 Å². The van der Waals surface area contributed by atoms with E-state index in [9.17, 15) is 14.0 Å². The average molecular weight is 419 g/mol. The molecular formula is C21H27FN4O2S. The molecule has 2 amide bonds. The largest absolute Gasteiger partial charge is 0.354 e. The second-order valence-electron chi connectivity index (χ2n) is 7.35. The van der Waals surface area contributed by atoms with Crippen LogP contribution < -0.4 is 10.6 Å². The van der Waals surface area contributed by atoms with Gasteiger partial charge in [-0.15, -0.1) is 11.3 Å². The quantitative estimate of drug-likeness (QED) is 0.645. The fourth-order valence-electron chi connectivity index (χ4n) is 3.45. The fraction of sp³-hybridized carbons (Fsp3) is 0.476. The lowest BCUT2D eigenvalue weighted by atomic mass is 9.96. The van der Waals surface area contributed by atoms with E-state index in [4.69, 9.17) is 0 Å². The molecule has 0 unspecified atom stereocenters. The molecule has 156 valence electrons. The number of hydrogen-bond donors (Lipinski definition) is 2. The maximum atomic E-state index is 12.9. The molecule has 0 radical (unpaired) electrons. The van der Waals surface area contributed by atoms with Crippen molar-refractivity contribution in [3.05, 3.63) is 51.7 Å². The lowest BCUT2D eigenvalue weighted by molar-refractivity contribution is -0.126. The summed E-state index contributed by atoms with van der Waals surface area (Å²) < 4.78 is 12.9. The minimum Gasteiger partial charge on any atom is -0.354 e. The number of amides is 2. The Morgan fingerprint density at radius 2 is 1.86 bits per heavy atom. The van der Waals surface area contributed by atoms with Gasteiger partial charge in [-0.05, 0) is 50.6 Å². The summed E-state index contributed by atoms with van der Waals surface area (Å²) in [5.41, 5.74) is 1.86. The SMILES string of the molecule is Cc1nc(CN2CCC(C(=O)NCCNC(=O)Cc3ccc(F)cc3)CC2)cs1. The summed E-state index contributed by atoms with van der Waals surface area (Å²) in [4.78, 5) is 31.1. The minimum absolute atomic E-state index is 0.0262. The number of piperidine rings is 1. The van der Waals surface area contributed by atoms with Crippen molar-refractivity contribution in [3.8, 4) is 0 Å². The molecule has 0 bridgehead atoms. The van der Waals surface area contributed by atoms with Crippen LogP contribution in [0.4, 0.5) is 4.39 Å². The lowest BCUT2D eigenvalue weighted by Crippen LogP contribution is -2.42. The molecule has 0 spiro atoms. The number of carbonyl (C=O) groups is 2. The van der Waals surface area contributed by atoms with Crippen LogP contribution in [0.1, 0.15) is 29.1 Å². The molecule has 0 saturated carbocycles. The van der Waals surface area contributed by atoms with Gasteiger partial charge in [-0.2, -0.15) is 0 Å². The number of benzene rings is 1. The second-order valence-corrected chi connectivity index (χ2v) is 8.41. The Morgan fingerprint density at radius 1 is 1.17 bits per heavy atom. The Kier molecular flexibility index (Phi) is 7.71.